The smallest absolute Gasteiger partial charge is 0.123 e. The summed E-state index contributed by atoms with van der Waals surface area (Å²) in [5.74, 6) is 0.607. The molecule has 0 aliphatic carbocycles. The Balaban J connectivity index is 2.13. The molecular weight excluding hydrogens is 212 g/mol. The fourth-order valence-corrected chi connectivity index (χ4v) is 2.34. The lowest BCUT2D eigenvalue weighted by atomic mass is 10.2. The fraction of sp³-hybridized carbons (Fsp3) is 0.615. The molecule has 4 nitrogen and oxygen atoms in total. The molecule has 0 radical (unpaired) electrons. The van der Waals surface area contributed by atoms with Crippen LogP contribution in [0.5, 0.6) is 0 Å². The summed E-state index contributed by atoms with van der Waals surface area (Å²) < 4.78 is 0. The van der Waals surface area contributed by atoms with Crippen molar-refractivity contribution >= 4 is 11.5 Å². The highest BCUT2D eigenvalue weighted by Gasteiger charge is 2.13. The molecule has 1 saturated heterocycles. The number of anilines is 2. The van der Waals surface area contributed by atoms with E-state index in [4.69, 9.17) is 5.73 Å². The van der Waals surface area contributed by atoms with Crippen LogP contribution in [0.3, 0.4) is 0 Å². The van der Waals surface area contributed by atoms with E-state index < -0.39 is 0 Å². The molecule has 1 aromatic heterocycles. The molecule has 0 saturated carbocycles. The molecular formula is C13H22N4. The summed E-state index contributed by atoms with van der Waals surface area (Å²) in [7, 11) is 2.19. The van der Waals surface area contributed by atoms with Crippen molar-refractivity contribution in [1.29, 1.82) is 0 Å². The highest BCUT2D eigenvalue weighted by atomic mass is 15.2. The molecule has 17 heavy (non-hydrogen) atoms. The van der Waals surface area contributed by atoms with Crippen molar-refractivity contribution in [2.75, 3.05) is 43.9 Å². The molecule has 1 aromatic rings. The van der Waals surface area contributed by atoms with Crippen molar-refractivity contribution in [3.63, 3.8) is 0 Å². The van der Waals surface area contributed by atoms with Gasteiger partial charge in [0, 0.05) is 19.6 Å². The number of rotatable bonds is 1. The van der Waals surface area contributed by atoms with Gasteiger partial charge in [-0.05, 0) is 45.0 Å². The predicted molar refractivity (Wildman–Crippen MR) is 72.3 cm³/mol. The summed E-state index contributed by atoms with van der Waals surface area (Å²) in [5, 5.41) is 0. The third kappa shape index (κ3) is 3.09. The van der Waals surface area contributed by atoms with Crippen LogP contribution in [0, 0.1) is 6.92 Å². The third-order valence-electron chi connectivity index (χ3n) is 3.41. The van der Waals surface area contributed by atoms with E-state index in [-0.39, 0.29) is 0 Å². The van der Waals surface area contributed by atoms with E-state index in [0.29, 0.717) is 5.82 Å². The first-order valence-electron chi connectivity index (χ1n) is 6.32. The number of hydrogen-bond acceptors (Lipinski definition) is 4. The molecule has 2 N–H and O–H groups in total. The Morgan fingerprint density at radius 2 is 1.94 bits per heavy atom. The van der Waals surface area contributed by atoms with Gasteiger partial charge in [0.2, 0.25) is 0 Å². The van der Waals surface area contributed by atoms with Crippen LogP contribution in [0.1, 0.15) is 18.4 Å². The Morgan fingerprint density at radius 3 is 2.71 bits per heavy atom. The van der Waals surface area contributed by atoms with E-state index in [2.05, 4.69) is 28.8 Å². The Kier molecular flexibility index (Phi) is 3.84. The van der Waals surface area contributed by atoms with E-state index in [1.165, 1.54) is 30.6 Å². The van der Waals surface area contributed by atoms with Gasteiger partial charge in [-0.1, -0.05) is 0 Å². The summed E-state index contributed by atoms with van der Waals surface area (Å²) in [4.78, 5) is 9.03. The minimum atomic E-state index is 0.607. The first-order chi connectivity index (χ1) is 8.16. The topological polar surface area (TPSA) is 45.4 Å². The van der Waals surface area contributed by atoms with Crippen molar-refractivity contribution in [1.82, 2.24) is 9.88 Å². The molecule has 4 heteroatoms. The summed E-state index contributed by atoms with van der Waals surface area (Å²) in [6.45, 7) is 6.63. The number of nitrogens with zero attached hydrogens (tertiary/aromatic N) is 3. The molecule has 94 valence electrons. The summed E-state index contributed by atoms with van der Waals surface area (Å²) >= 11 is 0. The lowest BCUT2D eigenvalue weighted by Gasteiger charge is -2.31. The minimum Gasteiger partial charge on any atom is -0.384 e. The second kappa shape index (κ2) is 5.36. The van der Waals surface area contributed by atoms with E-state index in [0.717, 1.165) is 19.6 Å². The minimum absolute atomic E-state index is 0.607. The molecule has 2 rings (SSSR count). The lowest BCUT2D eigenvalue weighted by Crippen LogP contribution is -2.37. The van der Waals surface area contributed by atoms with E-state index in [9.17, 15) is 0 Å². The number of nitrogens with two attached hydrogens (primary N) is 1. The molecule has 1 aliphatic rings. The first kappa shape index (κ1) is 12.2. The quantitative estimate of drug-likeness (QED) is 0.800. The van der Waals surface area contributed by atoms with Gasteiger partial charge in [0.15, 0.2) is 0 Å². The second-order valence-corrected chi connectivity index (χ2v) is 4.89. The van der Waals surface area contributed by atoms with Crippen LogP contribution in [-0.4, -0.2) is 43.1 Å². The Bertz CT molecular complexity index is 378. The zero-order valence-electron chi connectivity index (χ0n) is 10.8. The zero-order chi connectivity index (χ0) is 12.3. The molecule has 0 spiro atoms. The predicted octanol–water partition coefficient (Wildman–Crippen LogP) is 1.50. The van der Waals surface area contributed by atoms with Crippen LogP contribution in [0.15, 0.2) is 12.3 Å². The maximum Gasteiger partial charge on any atom is 0.123 e. The van der Waals surface area contributed by atoms with E-state index >= 15 is 0 Å². The van der Waals surface area contributed by atoms with Gasteiger partial charge in [0.25, 0.3) is 0 Å². The van der Waals surface area contributed by atoms with E-state index in [1.54, 1.807) is 0 Å². The normalized spacial score (nSPS) is 18.8. The van der Waals surface area contributed by atoms with Crippen LogP contribution < -0.4 is 10.6 Å². The maximum absolute atomic E-state index is 5.70. The molecule has 0 atom stereocenters. The highest BCUT2D eigenvalue weighted by Crippen LogP contribution is 2.21. The van der Waals surface area contributed by atoms with Crippen molar-refractivity contribution < 1.29 is 0 Å². The molecule has 2 heterocycles. The average molecular weight is 234 g/mol. The third-order valence-corrected chi connectivity index (χ3v) is 3.41. The summed E-state index contributed by atoms with van der Waals surface area (Å²) in [5.41, 5.74) is 8.15. The highest BCUT2D eigenvalue weighted by molar-refractivity contribution is 5.55. The lowest BCUT2D eigenvalue weighted by molar-refractivity contribution is 0.318. The molecule has 1 aliphatic heterocycles. The number of aryl methyl sites for hydroxylation is 1. The maximum atomic E-state index is 5.70. The van der Waals surface area contributed by atoms with Gasteiger partial charge in [-0.3, -0.25) is 0 Å². The number of pyridine rings is 1. The van der Waals surface area contributed by atoms with Crippen LogP contribution in [0.2, 0.25) is 0 Å². The van der Waals surface area contributed by atoms with Crippen molar-refractivity contribution in [3.8, 4) is 0 Å². The Labute approximate surface area is 103 Å². The van der Waals surface area contributed by atoms with E-state index in [1.807, 2.05) is 12.3 Å². The van der Waals surface area contributed by atoms with Crippen LogP contribution in [-0.2, 0) is 0 Å². The van der Waals surface area contributed by atoms with Gasteiger partial charge >= 0.3 is 0 Å². The molecule has 1 fully saturated rings. The van der Waals surface area contributed by atoms with Gasteiger partial charge in [0.1, 0.15) is 5.82 Å². The second-order valence-electron chi connectivity index (χ2n) is 4.89. The molecule has 0 bridgehead atoms. The molecule has 0 amide bonds. The fourth-order valence-electron chi connectivity index (χ4n) is 2.34. The van der Waals surface area contributed by atoms with Crippen molar-refractivity contribution in [2.24, 2.45) is 0 Å². The van der Waals surface area contributed by atoms with Gasteiger partial charge < -0.3 is 15.5 Å². The summed E-state index contributed by atoms with van der Waals surface area (Å²) in [6.07, 6.45) is 4.43. The Hall–Kier alpha value is -1.29. The number of aromatic nitrogens is 1. The average Bonchev–Trinajstić information content (AvgIpc) is 2.26. The van der Waals surface area contributed by atoms with Crippen LogP contribution in [0.25, 0.3) is 0 Å². The number of hydrogen-bond donors (Lipinski definition) is 1. The largest absolute Gasteiger partial charge is 0.384 e. The van der Waals surface area contributed by atoms with Crippen molar-refractivity contribution in [3.05, 3.63) is 17.8 Å². The van der Waals surface area contributed by atoms with Crippen LogP contribution in [0.4, 0.5) is 11.5 Å². The zero-order valence-corrected chi connectivity index (χ0v) is 10.8. The monoisotopic (exact) mass is 234 g/mol. The van der Waals surface area contributed by atoms with Gasteiger partial charge in [0.05, 0.1) is 11.9 Å². The van der Waals surface area contributed by atoms with Crippen LogP contribution >= 0.6 is 0 Å². The van der Waals surface area contributed by atoms with Gasteiger partial charge in [-0.25, -0.2) is 4.98 Å². The molecule has 0 unspecified atom stereocenters. The SMILES string of the molecule is Cc1cc(N)ncc1N1CCCCN(C)CC1. The Morgan fingerprint density at radius 1 is 1.18 bits per heavy atom. The summed E-state index contributed by atoms with van der Waals surface area (Å²) in [6, 6.07) is 1.96. The number of likely N-dealkylation sites (N-methyl/N-ethyl adjacent to an activating group) is 1. The van der Waals surface area contributed by atoms with Crippen molar-refractivity contribution in [2.45, 2.75) is 19.8 Å². The van der Waals surface area contributed by atoms with Gasteiger partial charge in [-0.2, -0.15) is 0 Å². The van der Waals surface area contributed by atoms with Gasteiger partial charge in [-0.15, -0.1) is 0 Å². The standard InChI is InChI=1S/C13H22N4/c1-11-9-13(14)15-10-12(11)17-6-4-3-5-16(2)7-8-17/h9-10H,3-8H2,1-2H3,(H2,14,15). The molecule has 0 aromatic carbocycles. The number of nitrogen functional groups attached to an aromatic ring is 1. The first-order valence-corrected chi connectivity index (χ1v) is 6.32.